The van der Waals surface area contributed by atoms with E-state index in [0.29, 0.717) is 17.1 Å². The summed E-state index contributed by atoms with van der Waals surface area (Å²) in [6.45, 7) is 0.249. The topological polar surface area (TPSA) is 87.0 Å². The fraction of sp³-hybridized carbons (Fsp3) is 0.0769. The lowest BCUT2D eigenvalue weighted by Crippen LogP contribution is -2.00. The number of nitrogens with zero attached hydrogens (tertiary/aromatic N) is 4. The number of hydrogen-bond acceptors (Lipinski definition) is 5. The number of oxazole rings is 1. The van der Waals surface area contributed by atoms with Crippen LogP contribution in [0.4, 0.5) is 10.1 Å². The number of benzene rings is 1. The Kier molecular flexibility index (Phi) is 3.19. The van der Waals surface area contributed by atoms with Gasteiger partial charge < -0.3 is 4.42 Å². The van der Waals surface area contributed by atoms with E-state index in [0.717, 1.165) is 0 Å². The second kappa shape index (κ2) is 5.16. The summed E-state index contributed by atoms with van der Waals surface area (Å²) in [5.41, 5.74) is 1.12. The molecule has 0 unspecified atom stereocenters. The highest BCUT2D eigenvalue weighted by atomic mass is 19.1. The van der Waals surface area contributed by atoms with Crippen LogP contribution in [0.25, 0.3) is 11.5 Å². The molecule has 0 fully saturated rings. The molecule has 0 bridgehead atoms. The summed E-state index contributed by atoms with van der Waals surface area (Å²) in [4.78, 5) is 14.3. The van der Waals surface area contributed by atoms with E-state index >= 15 is 0 Å². The summed E-state index contributed by atoms with van der Waals surface area (Å²) in [5.74, 6) is 0.0148. The van der Waals surface area contributed by atoms with Crippen LogP contribution in [0.5, 0.6) is 0 Å². The normalized spacial score (nSPS) is 10.7. The molecule has 0 aliphatic heterocycles. The van der Waals surface area contributed by atoms with E-state index in [4.69, 9.17) is 4.42 Å². The van der Waals surface area contributed by atoms with Crippen molar-refractivity contribution in [3.8, 4) is 11.5 Å². The van der Waals surface area contributed by atoms with Crippen LogP contribution in [0.1, 0.15) is 5.69 Å². The van der Waals surface area contributed by atoms with Gasteiger partial charge in [0.2, 0.25) is 5.89 Å². The lowest BCUT2D eigenvalue weighted by molar-refractivity contribution is -0.385. The molecule has 0 radical (unpaired) electrons. The van der Waals surface area contributed by atoms with Gasteiger partial charge in [0, 0.05) is 5.56 Å². The third-order valence-corrected chi connectivity index (χ3v) is 2.80. The second-order valence-corrected chi connectivity index (χ2v) is 4.30. The maximum Gasteiger partial charge on any atom is 0.307 e. The van der Waals surface area contributed by atoms with Crippen LogP contribution in [0.2, 0.25) is 0 Å². The van der Waals surface area contributed by atoms with Crippen molar-refractivity contribution in [1.29, 1.82) is 0 Å². The summed E-state index contributed by atoms with van der Waals surface area (Å²) in [6.07, 6.45) is 3.92. The van der Waals surface area contributed by atoms with Crippen LogP contribution >= 0.6 is 0 Å². The van der Waals surface area contributed by atoms with Crippen molar-refractivity contribution in [1.82, 2.24) is 14.8 Å². The highest BCUT2D eigenvalue weighted by Gasteiger charge is 2.11. The molecule has 2 aromatic heterocycles. The molecule has 0 aliphatic rings. The molecule has 0 amide bonds. The maximum atomic E-state index is 12.8. The highest BCUT2D eigenvalue weighted by Crippen LogP contribution is 2.19. The molecule has 8 heteroatoms. The zero-order valence-electron chi connectivity index (χ0n) is 10.6. The average molecular weight is 288 g/mol. The first-order valence-corrected chi connectivity index (χ1v) is 5.99. The largest absolute Gasteiger partial charge is 0.444 e. The quantitative estimate of drug-likeness (QED) is 0.544. The number of halogens is 1. The van der Waals surface area contributed by atoms with Crippen LogP contribution in [-0.2, 0) is 6.54 Å². The van der Waals surface area contributed by atoms with E-state index in [9.17, 15) is 14.5 Å². The van der Waals surface area contributed by atoms with Crippen LogP contribution in [-0.4, -0.2) is 19.7 Å². The van der Waals surface area contributed by atoms with Gasteiger partial charge in [-0.15, -0.1) is 0 Å². The zero-order valence-corrected chi connectivity index (χ0v) is 10.6. The predicted molar refractivity (Wildman–Crippen MR) is 69.9 cm³/mol. The molecule has 0 atom stereocenters. The number of aromatic nitrogens is 3. The Balaban J connectivity index is 1.78. The fourth-order valence-electron chi connectivity index (χ4n) is 1.80. The summed E-state index contributed by atoms with van der Waals surface area (Å²) >= 11 is 0. The first kappa shape index (κ1) is 13.0. The van der Waals surface area contributed by atoms with Gasteiger partial charge in [0.1, 0.15) is 30.2 Å². The average Bonchev–Trinajstić information content (AvgIpc) is 3.10. The van der Waals surface area contributed by atoms with Gasteiger partial charge in [-0.3, -0.25) is 14.8 Å². The van der Waals surface area contributed by atoms with Gasteiger partial charge in [-0.05, 0) is 24.3 Å². The molecule has 3 rings (SSSR count). The molecular weight excluding hydrogens is 279 g/mol. The van der Waals surface area contributed by atoms with E-state index in [1.807, 2.05) is 0 Å². The molecular formula is C13H9FN4O3. The smallest absolute Gasteiger partial charge is 0.307 e. The van der Waals surface area contributed by atoms with E-state index in [1.54, 1.807) is 12.1 Å². The Morgan fingerprint density at radius 1 is 1.33 bits per heavy atom. The van der Waals surface area contributed by atoms with Gasteiger partial charge in [-0.1, -0.05) is 0 Å². The van der Waals surface area contributed by atoms with Crippen molar-refractivity contribution in [2.24, 2.45) is 0 Å². The van der Waals surface area contributed by atoms with Crippen LogP contribution in [0.3, 0.4) is 0 Å². The summed E-state index contributed by atoms with van der Waals surface area (Å²) < 4.78 is 19.5. The number of rotatable bonds is 4. The highest BCUT2D eigenvalue weighted by molar-refractivity contribution is 5.52. The Morgan fingerprint density at radius 2 is 2.10 bits per heavy atom. The van der Waals surface area contributed by atoms with Crippen LogP contribution in [0.15, 0.2) is 47.3 Å². The SMILES string of the molecule is O=[N+]([O-])c1cnn(Cc2coc(-c3ccc(F)cc3)n2)c1. The summed E-state index contributed by atoms with van der Waals surface area (Å²) in [6, 6.07) is 5.75. The fourth-order valence-corrected chi connectivity index (χ4v) is 1.80. The molecule has 0 spiro atoms. The zero-order chi connectivity index (χ0) is 14.8. The molecule has 3 aromatic rings. The Labute approximate surface area is 117 Å². The third-order valence-electron chi connectivity index (χ3n) is 2.80. The first-order valence-electron chi connectivity index (χ1n) is 5.99. The second-order valence-electron chi connectivity index (χ2n) is 4.30. The standard InChI is InChI=1S/C13H9FN4O3/c14-10-3-1-9(2-4-10)13-16-11(8-21-13)6-17-7-12(5-15-17)18(19)20/h1-5,7-8H,6H2. The Hall–Kier alpha value is -3.03. The summed E-state index contributed by atoms with van der Waals surface area (Å²) in [7, 11) is 0. The van der Waals surface area contributed by atoms with Gasteiger partial charge in [0.25, 0.3) is 0 Å². The molecule has 21 heavy (non-hydrogen) atoms. The Morgan fingerprint density at radius 3 is 2.76 bits per heavy atom. The van der Waals surface area contributed by atoms with Crippen molar-refractivity contribution in [3.63, 3.8) is 0 Å². The summed E-state index contributed by atoms with van der Waals surface area (Å²) in [5, 5.41) is 14.4. The number of nitro groups is 1. The third kappa shape index (κ3) is 2.78. The minimum atomic E-state index is -0.518. The van der Waals surface area contributed by atoms with Gasteiger partial charge in [0.15, 0.2) is 0 Å². The van der Waals surface area contributed by atoms with E-state index < -0.39 is 4.92 Å². The lowest BCUT2D eigenvalue weighted by Gasteiger charge is -1.95. The minimum absolute atomic E-state index is 0.0859. The molecule has 0 aliphatic carbocycles. The molecule has 2 heterocycles. The maximum absolute atomic E-state index is 12.8. The van der Waals surface area contributed by atoms with Gasteiger partial charge in [-0.2, -0.15) is 5.10 Å². The van der Waals surface area contributed by atoms with Gasteiger partial charge in [0.05, 0.1) is 11.5 Å². The number of hydrogen-bond donors (Lipinski definition) is 0. The van der Waals surface area contributed by atoms with Gasteiger partial charge >= 0.3 is 5.69 Å². The minimum Gasteiger partial charge on any atom is -0.444 e. The molecule has 1 aromatic carbocycles. The predicted octanol–water partition coefficient (Wildman–Crippen LogP) is 2.63. The van der Waals surface area contributed by atoms with Crippen molar-refractivity contribution in [2.45, 2.75) is 6.54 Å². The van der Waals surface area contributed by atoms with E-state index in [1.165, 1.54) is 35.5 Å². The molecule has 0 saturated heterocycles. The van der Waals surface area contributed by atoms with Crippen molar-refractivity contribution < 1.29 is 13.7 Å². The van der Waals surface area contributed by atoms with Crippen LogP contribution < -0.4 is 0 Å². The van der Waals surface area contributed by atoms with E-state index in [-0.39, 0.29) is 18.0 Å². The van der Waals surface area contributed by atoms with E-state index in [2.05, 4.69) is 10.1 Å². The van der Waals surface area contributed by atoms with Gasteiger partial charge in [-0.25, -0.2) is 9.37 Å². The van der Waals surface area contributed by atoms with Crippen LogP contribution in [0, 0.1) is 15.9 Å². The molecule has 7 nitrogen and oxygen atoms in total. The van der Waals surface area contributed by atoms with Crippen molar-refractivity contribution >= 4 is 5.69 Å². The Bertz CT molecular complexity index is 779. The lowest BCUT2D eigenvalue weighted by atomic mass is 10.2. The monoisotopic (exact) mass is 288 g/mol. The molecule has 106 valence electrons. The molecule has 0 saturated carbocycles. The van der Waals surface area contributed by atoms with Crippen molar-refractivity contribution in [3.05, 3.63) is 64.5 Å². The van der Waals surface area contributed by atoms with Crippen molar-refractivity contribution in [2.75, 3.05) is 0 Å². The molecule has 0 N–H and O–H groups in total. The first-order chi connectivity index (χ1) is 10.1.